The van der Waals surface area contributed by atoms with Crippen LogP contribution >= 0.6 is 0 Å². The molecule has 0 unspecified atom stereocenters. The topological polar surface area (TPSA) is 84.4 Å². The van der Waals surface area contributed by atoms with Gasteiger partial charge in [-0.2, -0.15) is 5.10 Å². The summed E-state index contributed by atoms with van der Waals surface area (Å²) >= 11 is 0. The molecule has 1 saturated heterocycles. The van der Waals surface area contributed by atoms with Crippen LogP contribution in [-0.2, 0) is 9.53 Å². The predicted octanol–water partition coefficient (Wildman–Crippen LogP) is 1.28. The number of amides is 2. The summed E-state index contributed by atoms with van der Waals surface area (Å²) in [6, 6.07) is 3.35. The third-order valence-electron chi connectivity index (χ3n) is 2.73. The van der Waals surface area contributed by atoms with E-state index in [2.05, 4.69) is 15.5 Å². The number of rotatable bonds is 2. The van der Waals surface area contributed by atoms with Gasteiger partial charge in [-0.25, -0.2) is 4.79 Å². The number of ether oxygens (including phenoxy) is 1. The second-order valence-electron chi connectivity index (χ2n) is 5.68. The van der Waals surface area contributed by atoms with E-state index >= 15 is 0 Å². The van der Waals surface area contributed by atoms with Gasteiger partial charge in [-0.1, -0.05) is 0 Å². The van der Waals surface area contributed by atoms with E-state index in [9.17, 15) is 9.59 Å². The Morgan fingerprint density at radius 2 is 2.10 bits per heavy atom. The Morgan fingerprint density at radius 1 is 1.40 bits per heavy atom. The van der Waals surface area contributed by atoms with Crippen molar-refractivity contribution < 1.29 is 14.3 Å². The summed E-state index contributed by atoms with van der Waals surface area (Å²) in [6.07, 6.45) is 1.14. The average Bonchev–Trinajstić information content (AvgIpc) is 2.25. The SMILES string of the molecule is CC(C)(C)OC(=O)N1CC(C(=O)Nc2cccnn2)C1. The molecule has 1 aromatic rings. The lowest BCUT2D eigenvalue weighted by Gasteiger charge is -2.38. The van der Waals surface area contributed by atoms with Gasteiger partial charge in [0.05, 0.1) is 5.92 Å². The Balaban J connectivity index is 1.79. The highest BCUT2D eigenvalue weighted by molar-refractivity contribution is 5.93. The number of nitrogens with one attached hydrogen (secondary N) is 1. The Labute approximate surface area is 117 Å². The van der Waals surface area contributed by atoms with E-state index in [1.54, 1.807) is 12.1 Å². The van der Waals surface area contributed by atoms with E-state index in [1.807, 2.05) is 20.8 Å². The molecule has 0 aliphatic carbocycles. The largest absolute Gasteiger partial charge is 0.444 e. The highest BCUT2D eigenvalue weighted by atomic mass is 16.6. The van der Waals surface area contributed by atoms with E-state index < -0.39 is 5.60 Å². The summed E-state index contributed by atoms with van der Waals surface area (Å²) in [5.74, 6) is 0.0167. The van der Waals surface area contributed by atoms with Gasteiger partial charge in [-0.15, -0.1) is 5.10 Å². The van der Waals surface area contributed by atoms with Gasteiger partial charge in [-0.3, -0.25) is 4.79 Å². The fourth-order valence-electron chi connectivity index (χ4n) is 1.72. The van der Waals surface area contributed by atoms with Gasteiger partial charge in [0.15, 0.2) is 5.82 Å². The van der Waals surface area contributed by atoms with Crippen molar-refractivity contribution >= 4 is 17.8 Å². The normalized spacial score (nSPS) is 15.4. The molecule has 20 heavy (non-hydrogen) atoms. The summed E-state index contributed by atoms with van der Waals surface area (Å²) < 4.78 is 5.22. The van der Waals surface area contributed by atoms with Crippen molar-refractivity contribution in [3.63, 3.8) is 0 Å². The summed E-state index contributed by atoms with van der Waals surface area (Å²) in [4.78, 5) is 25.1. The highest BCUT2D eigenvalue weighted by Crippen LogP contribution is 2.20. The van der Waals surface area contributed by atoms with Gasteiger partial charge in [0, 0.05) is 19.3 Å². The third kappa shape index (κ3) is 3.66. The van der Waals surface area contributed by atoms with Crippen molar-refractivity contribution in [3.8, 4) is 0 Å². The Morgan fingerprint density at radius 3 is 2.65 bits per heavy atom. The van der Waals surface area contributed by atoms with Crippen LogP contribution in [0.1, 0.15) is 20.8 Å². The quantitative estimate of drug-likeness (QED) is 0.881. The maximum absolute atomic E-state index is 11.9. The van der Waals surface area contributed by atoms with Gasteiger partial charge >= 0.3 is 6.09 Å². The third-order valence-corrected chi connectivity index (χ3v) is 2.73. The molecule has 0 bridgehead atoms. The smallest absolute Gasteiger partial charge is 0.410 e. The van der Waals surface area contributed by atoms with Crippen LogP contribution < -0.4 is 5.32 Å². The van der Waals surface area contributed by atoms with Crippen molar-refractivity contribution in [1.82, 2.24) is 15.1 Å². The fourth-order valence-corrected chi connectivity index (χ4v) is 1.72. The van der Waals surface area contributed by atoms with Crippen LogP contribution in [0, 0.1) is 5.92 Å². The van der Waals surface area contributed by atoms with Gasteiger partial charge in [0.2, 0.25) is 5.91 Å². The van der Waals surface area contributed by atoms with Crippen LogP contribution in [0.25, 0.3) is 0 Å². The van der Waals surface area contributed by atoms with Crippen molar-refractivity contribution in [1.29, 1.82) is 0 Å². The number of anilines is 1. The molecule has 2 amide bonds. The molecule has 0 radical (unpaired) electrons. The first-order valence-corrected chi connectivity index (χ1v) is 6.41. The first-order valence-electron chi connectivity index (χ1n) is 6.41. The average molecular weight is 278 g/mol. The lowest BCUT2D eigenvalue weighted by Crippen LogP contribution is -2.55. The molecule has 2 rings (SSSR count). The fraction of sp³-hybridized carbons (Fsp3) is 0.538. The van der Waals surface area contributed by atoms with Crippen LogP contribution in [0.4, 0.5) is 10.6 Å². The predicted molar refractivity (Wildman–Crippen MR) is 72.0 cm³/mol. The van der Waals surface area contributed by atoms with Crippen LogP contribution in [-0.4, -0.2) is 45.8 Å². The molecule has 0 spiro atoms. The Kier molecular flexibility index (Phi) is 3.87. The summed E-state index contributed by atoms with van der Waals surface area (Å²) in [5.41, 5.74) is -0.524. The standard InChI is InChI=1S/C13H18N4O3/c1-13(2,3)20-12(19)17-7-9(8-17)11(18)15-10-5-4-6-14-16-10/h4-6,9H,7-8H2,1-3H3,(H,15,16,18). The maximum atomic E-state index is 11.9. The number of carbonyl (C=O) groups excluding carboxylic acids is 2. The van der Waals surface area contributed by atoms with Gasteiger partial charge in [-0.05, 0) is 32.9 Å². The number of carbonyl (C=O) groups is 2. The Bertz CT molecular complexity index is 492. The lowest BCUT2D eigenvalue weighted by atomic mass is 10.00. The molecule has 108 valence electrons. The second kappa shape index (κ2) is 5.44. The minimum atomic E-state index is -0.524. The molecule has 7 nitrogen and oxygen atoms in total. The first kappa shape index (κ1) is 14.2. The van der Waals surface area contributed by atoms with Crippen molar-refractivity contribution in [2.24, 2.45) is 5.92 Å². The van der Waals surface area contributed by atoms with Crippen LogP contribution in [0.5, 0.6) is 0 Å². The zero-order valence-electron chi connectivity index (χ0n) is 11.8. The van der Waals surface area contributed by atoms with Crippen molar-refractivity contribution in [2.75, 3.05) is 18.4 Å². The molecular formula is C13H18N4O3. The van der Waals surface area contributed by atoms with Crippen molar-refractivity contribution in [2.45, 2.75) is 26.4 Å². The molecule has 0 aromatic carbocycles. The van der Waals surface area contributed by atoms with Gasteiger partial charge in [0.25, 0.3) is 0 Å². The zero-order chi connectivity index (χ0) is 14.8. The second-order valence-corrected chi connectivity index (χ2v) is 5.68. The van der Waals surface area contributed by atoms with E-state index in [1.165, 1.54) is 11.1 Å². The van der Waals surface area contributed by atoms with Gasteiger partial charge < -0.3 is 15.0 Å². The molecule has 1 aliphatic rings. The highest BCUT2D eigenvalue weighted by Gasteiger charge is 2.37. The number of aromatic nitrogens is 2. The summed E-state index contributed by atoms with van der Waals surface area (Å²) in [6.45, 7) is 6.15. The molecule has 1 fully saturated rings. The number of hydrogen-bond donors (Lipinski definition) is 1. The zero-order valence-corrected chi connectivity index (χ0v) is 11.8. The lowest BCUT2D eigenvalue weighted by molar-refractivity contribution is -0.124. The van der Waals surface area contributed by atoms with E-state index in [-0.39, 0.29) is 17.9 Å². The molecule has 1 aliphatic heterocycles. The van der Waals surface area contributed by atoms with E-state index in [0.717, 1.165) is 0 Å². The maximum Gasteiger partial charge on any atom is 0.410 e. The minimum absolute atomic E-state index is 0.162. The van der Waals surface area contributed by atoms with Crippen LogP contribution in [0.3, 0.4) is 0 Å². The number of nitrogens with zero attached hydrogens (tertiary/aromatic N) is 3. The molecule has 0 atom stereocenters. The van der Waals surface area contributed by atoms with Gasteiger partial charge in [0.1, 0.15) is 5.60 Å². The molecule has 1 aromatic heterocycles. The van der Waals surface area contributed by atoms with E-state index in [4.69, 9.17) is 4.74 Å². The monoisotopic (exact) mass is 278 g/mol. The molecule has 2 heterocycles. The van der Waals surface area contributed by atoms with Crippen LogP contribution in [0.15, 0.2) is 18.3 Å². The minimum Gasteiger partial charge on any atom is -0.444 e. The molecular weight excluding hydrogens is 260 g/mol. The number of likely N-dealkylation sites (tertiary alicyclic amines) is 1. The first-order chi connectivity index (χ1) is 9.35. The molecule has 7 heteroatoms. The van der Waals surface area contributed by atoms with E-state index in [0.29, 0.717) is 18.9 Å². The summed E-state index contributed by atoms with van der Waals surface area (Å²) in [5, 5.41) is 10.1. The molecule has 0 saturated carbocycles. The number of hydrogen-bond acceptors (Lipinski definition) is 5. The molecule has 1 N–H and O–H groups in total. The van der Waals surface area contributed by atoms with Crippen LogP contribution in [0.2, 0.25) is 0 Å². The summed E-state index contributed by atoms with van der Waals surface area (Å²) in [7, 11) is 0. The van der Waals surface area contributed by atoms with Crippen molar-refractivity contribution in [3.05, 3.63) is 18.3 Å². The Hall–Kier alpha value is -2.18.